The standard InChI is InChI=1S/C18H22N2O3S/c1-11-9-16(12(2)13(3)17(11)21)20-18(22)19-15-8-6-5-7-14(15)10-24(4)23/h5-9,21H,10H2,1-4H3,(H2,19,20,22)/t24-/m0/s1. The Morgan fingerprint density at radius 1 is 1.08 bits per heavy atom. The van der Waals surface area contributed by atoms with Gasteiger partial charge < -0.3 is 15.7 Å². The smallest absolute Gasteiger partial charge is 0.323 e. The summed E-state index contributed by atoms with van der Waals surface area (Å²) in [5, 5.41) is 15.6. The van der Waals surface area contributed by atoms with Crippen LogP contribution < -0.4 is 10.6 Å². The fourth-order valence-corrected chi connectivity index (χ4v) is 3.15. The average Bonchev–Trinajstić information content (AvgIpc) is 2.52. The highest BCUT2D eigenvalue weighted by atomic mass is 32.2. The van der Waals surface area contributed by atoms with Gasteiger partial charge in [0, 0.05) is 28.4 Å². The molecule has 5 nitrogen and oxygen atoms in total. The van der Waals surface area contributed by atoms with Crippen LogP contribution in [0.5, 0.6) is 5.75 Å². The van der Waals surface area contributed by atoms with Crippen molar-refractivity contribution in [1.29, 1.82) is 0 Å². The minimum absolute atomic E-state index is 0.245. The molecule has 0 spiro atoms. The van der Waals surface area contributed by atoms with Crippen LogP contribution in [0, 0.1) is 20.8 Å². The van der Waals surface area contributed by atoms with Gasteiger partial charge in [0.1, 0.15) is 5.75 Å². The summed E-state index contributed by atoms with van der Waals surface area (Å²) in [6, 6.07) is 8.65. The first-order chi connectivity index (χ1) is 11.3. The number of para-hydroxylation sites is 1. The van der Waals surface area contributed by atoms with Gasteiger partial charge in [-0.25, -0.2) is 4.79 Å². The van der Waals surface area contributed by atoms with Gasteiger partial charge in [0.25, 0.3) is 0 Å². The Morgan fingerprint density at radius 2 is 1.71 bits per heavy atom. The molecule has 0 aromatic heterocycles. The molecule has 0 unspecified atom stereocenters. The molecule has 0 fully saturated rings. The largest absolute Gasteiger partial charge is 0.507 e. The molecule has 0 aliphatic carbocycles. The summed E-state index contributed by atoms with van der Waals surface area (Å²) < 4.78 is 11.5. The first-order valence-electron chi connectivity index (χ1n) is 7.55. The van der Waals surface area contributed by atoms with Crippen molar-refractivity contribution < 1.29 is 14.1 Å². The minimum Gasteiger partial charge on any atom is -0.507 e. The molecule has 2 rings (SSSR count). The van der Waals surface area contributed by atoms with Gasteiger partial charge in [-0.05, 0) is 55.2 Å². The third-order valence-corrected chi connectivity index (χ3v) is 4.65. The summed E-state index contributed by atoms with van der Waals surface area (Å²) in [4.78, 5) is 12.3. The second-order valence-corrected chi connectivity index (χ2v) is 7.23. The highest BCUT2D eigenvalue weighted by Gasteiger charge is 2.13. The molecule has 1 atom stereocenters. The number of amides is 2. The molecule has 2 aromatic carbocycles. The number of urea groups is 1. The zero-order valence-corrected chi connectivity index (χ0v) is 15.1. The third-order valence-electron chi connectivity index (χ3n) is 3.93. The predicted octanol–water partition coefficient (Wildman–Crippen LogP) is 3.84. The van der Waals surface area contributed by atoms with Crippen LogP contribution in [0.4, 0.5) is 16.2 Å². The van der Waals surface area contributed by atoms with Gasteiger partial charge in [-0.3, -0.25) is 4.21 Å². The third kappa shape index (κ3) is 4.14. The van der Waals surface area contributed by atoms with E-state index in [1.54, 1.807) is 25.3 Å². The van der Waals surface area contributed by atoms with Gasteiger partial charge in [0.2, 0.25) is 0 Å². The number of benzene rings is 2. The zero-order chi connectivity index (χ0) is 17.9. The Morgan fingerprint density at radius 3 is 2.38 bits per heavy atom. The summed E-state index contributed by atoms with van der Waals surface area (Å²) in [7, 11) is -0.992. The monoisotopic (exact) mass is 346 g/mol. The summed E-state index contributed by atoms with van der Waals surface area (Å²) in [6.07, 6.45) is 1.63. The predicted molar refractivity (Wildman–Crippen MR) is 99.2 cm³/mol. The second-order valence-electron chi connectivity index (χ2n) is 5.79. The van der Waals surface area contributed by atoms with Crippen molar-refractivity contribution >= 4 is 28.2 Å². The van der Waals surface area contributed by atoms with Gasteiger partial charge >= 0.3 is 6.03 Å². The molecule has 0 aliphatic rings. The van der Waals surface area contributed by atoms with Crippen LogP contribution in [-0.4, -0.2) is 21.6 Å². The number of anilines is 2. The number of rotatable bonds is 4. The van der Waals surface area contributed by atoms with E-state index in [0.29, 0.717) is 22.7 Å². The summed E-state index contributed by atoms with van der Waals surface area (Å²) in [5.41, 5.74) is 4.37. The Labute approximate surface area is 144 Å². The van der Waals surface area contributed by atoms with Crippen molar-refractivity contribution in [3.8, 4) is 5.75 Å². The molecule has 0 aliphatic heterocycles. The number of carbonyl (C=O) groups excluding carboxylic acids is 1. The number of carbonyl (C=O) groups is 1. The van der Waals surface area contributed by atoms with E-state index >= 15 is 0 Å². The van der Waals surface area contributed by atoms with Crippen LogP contribution >= 0.6 is 0 Å². The lowest BCUT2D eigenvalue weighted by Crippen LogP contribution is -2.21. The molecule has 2 aromatic rings. The van der Waals surface area contributed by atoms with Crippen LogP contribution in [0.2, 0.25) is 0 Å². The van der Waals surface area contributed by atoms with Crippen LogP contribution in [0.25, 0.3) is 0 Å². The van der Waals surface area contributed by atoms with Crippen LogP contribution in [0.3, 0.4) is 0 Å². The molecule has 2 amide bonds. The lowest BCUT2D eigenvalue weighted by molar-refractivity contribution is 0.262. The molecule has 6 heteroatoms. The molecule has 0 saturated carbocycles. The molecular formula is C18H22N2O3S. The van der Waals surface area contributed by atoms with E-state index < -0.39 is 10.8 Å². The van der Waals surface area contributed by atoms with Crippen molar-refractivity contribution in [3.05, 3.63) is 52.6 Å². The molecular weight excluding hydrogens is 324 g/mol. The maximum absolute atomic E-state index is 12.3. The van der Waals surface area contributed by atoms with Crippen molar-refractivity contribution in [2.45, 2.75) is 26.5 Å². The van der Waals surface area contributed by atoms with E-state index in [0.717, 1.165) is 16.7 Å². The van der Waals surface area contributed by atoms with E-state index in [2.05, 4.69) is 10.6 Å². The number of nitrogens with one attached hydrogen (secondary N) is 2. The Hall–Kier alpha value is -2.34. The average molecular weight is 346 g/mol. The number of aryl methyl sites for hydroxylation is 1. The minimum atomic E-state index is -0.992. The summed E-state index contributed by atoms with van der Waals surface area (Å²) in [5.74, 6) is 0.627. The van der Waals surface area contributed by atoms with Gasteiger partial charge in [-0.2, -0.15) is 0 Å². The van der Waals surface area contributed by atoms with Gasteiger partial charge in [0.05, 0.1) is 5.75 Å². The molecule has 24 heavy (non-hydrogen) atoms. The normalized spacial score (nSPS) is 11.8. The van der Waals surface area contributed by atoms with E-state index in [9.17, 15) is 14.1 Å². The highest BCUT2D eigenvalue weighted by Crippen LogP contribution is 2.30. The van der Waals surface area contributed by atoms with Crippen molar-refractivity contribution in [2.75, 3.05) is 16.9 Å². The lowest BCUT2D eigenvalue weighted by Gasteiger charge is -2.15. The van der Waals surface area contributed by atoms with Gasteiger partial charge in [0.15, 0.2) is 0 Å². The van der Waals surface area contributed by atoms with Crippen molar-refractivity contribution in [1.82, 2.24) is 0 Å². The van der Waals surface area contributed by atoms with Crippen molar-refractivity contribution in [2.24, 2.45) is 0 Å². The first-order valence-corrected chi connectivity index (χ1v) is 9.28. The molecule has 128 valence electrons. The number of phenols is 1. The van der Waals surface area contributed by atoms with Gasteiger partial charge in [-0.15, -0.1) is 0 Å². The quantitative estimate of drug-likeness (QED) is 0.736. The van der Waals surface area contributed by atoms with Crippen LogP contribution in [-0.2, 0) is 16.6 Å². The number of hydrogen-bond acceptors (Lipinski definition) is 3. The number of aromatic hydroxyl groups is 1. The van der Waals surface area contributed by atoms with Crippen LogP contribution in [0.1, 0.15) is 22.3 Å². The molecule has 0 heterocycles. The molecule has 0 saturated heterocycles. The Balaban J connectivity index is 2.20. The van der Waals surface area contributed by atoms with Crippen LogP contribution in [0.15, 0.2) is 30.3 Å². The first kappa shape index (κ1) is 18.0. The maximum Gasteiger partial charge on any atom is 0.323 e. The molecule has 3 N–H and O–H groups in total. The number of hydrogen-bond donors (Lipinski definition) is 3. The summed E-state index contributed by atoms with van der Waals surface area (Å²) in [6.45, 7) is 5.45. The van der Waals surface area contributed by atoms with Crippen molar-refractivity contribution in [3.63, 3.8) is 0 Å². The fourth-order valence-electron chi connectivity index (χ4n) is 2.46. The van der Waals surface area contributed by atoms with E-state index in [1.807, 2.05) is 32.0 Å². The highest BCUT2D eigenvalue weighted by molar-refractivity contribution is 7.83. The van der Waals surface area contributed by atoms with Gasteiger partial charge in [-0.1, -0.05) is 18.2 Å². The second kappa shape index (κ2) is 7.49. The fraction of sp³-hybridized carbons (Fsp3) is 0.278. The van der Waals surface area contributed by atoms with E-state index in [-0.39, 0.29) is 11.8 Å². The zero-order valence-electron chi connectivity index (χ0n) is 14.3. The Kier molecular flexibility index (Phi) is 5.62. The van der Waals surface area contributed by atoms with E-state index in [1.165, 1.54) is 0 Å². The topological polar surface area (TPSA) is 78.4 Å². The SMILES string of the molecule is Cc1cc(NC(=O)Nc2ccccc2C[S@](C)=O)c(C)c(C)c1O. The number of phenolic OH excluding ortho intramolecular Hbond substituents is 1. The molecule has 0 bridgehead atoms. The van der Waals surface area contributed by atoms with E-state index in [4.69, 9.17) is 0 Å². The Bertz CT molecular complexity index is 803. The maximum atomic E-state index is 12.3. The molecule has 0 radical (unpaired) electrons. The summed E-state index contributed by atoms with van der Waals surface area (Å²) >= 11 is 0. The lowest BCUT2D eigenvalue weighted by atomic mass is 10.0.